The highest BCUT2D eigenvalue weighted by Gasteiger charge is 2.30. The summed E-state index contributed by atoms with van der Waals surface area (Å²) in [6.45, 7) is 0. The molecule has 3 aromatic heterocycles. The number of pyridine rings is 1. The van der Waals surface area contributed by atoms with Crippen molar-refractivity contribution in [3.63, 3.8) is 0 Å². The summed E-state index contributed by atoms with van der Waals surface area (Å²) in [5.74, 6) is 0. The first kappa shape index (κ1) is 31.0. The van der Waals surface area contributed by atoms with Crippen molar-refractivity contribution in [3.05, 3.63) is 187 Å². The van der Waals surface area contributed by atoms with Crippen LogP contribution in [-0.2, 0) is 0 Å². The standard InChI is InChI=1S/C49H29N5/c50-30-39-44(32-17-5-1-6-18-32)40(31-51)48(52-47(39)33-19-7-2-8-20-33)46-45-37-26-14-16-28-42(37)53(34-21-9-3-10-22-34)43(45)29-38-36-25-13-15-27-41(36)54(49(38)46)35-23-11-4-12-24-35/h1-29H. The molecule has 0 fully saturated rings. The lowest BCUT2D eigenvalue weighted by Crippen LogP contribution is -2.04. The van der Waals surface area contributed by atoms with E-state index in [2.05, 4.69) is 124 Å². The molecule has 0 aliphatic rings. The minimum atomic E-state index is 0.354. The number of rotatable bonds is 5. The molecule has 250 valence electrons. The molecule has 5 heteroatoms. The van der Waals surface area contributed by atoms with E-state index in [0.29, 0.717) is 28.1 Å². The fourth-order valence-electron chi connectivity index (χ4n) is 8.19. The Morgan fingerprint density at radius 2 is 0.889 bits per heavy atom. The molecule has 5 nitrogen and oxygen atoms in total. The number of hydrogen-bond acceptors (Lipinski definition) is 3. The summed E-state index contributed by atoms with van der Waals surface area (Å²) in [5.41, 5.74) is 10.8. The van der Waals surface area contributed by atoms with Gasteiger partial charge in [0.1, 0.15) is 12.1 Å². The number of nitriles is 2. The van der Waals surface area contributed by atoms with Crippen LogP contribution in [0, 0.1) is 22.7 Å². The first-order valence-electron chi connectivity index (χ1n) is 17.9. The van der Waals surface area contributed by atoms with E-state index in [1.165, 1.54) is 0 Å². The van der Waals surface area contributed by atoms with Gasteiger partial charge in [-0.25, -0.2) is 4.98 Å². The second-order valence-electron chi connectivity index (χ2n) is 13.3. The van der Waals surface area contributed by atoms with E-state index in [4.69, 9.17) is 4.98 Å². The van der Waals surface area contributed by atoms with Crippen molar-refractivity contribution in [2.75, 3.05) is 0 Å². The molecule has 0 amide bonds. The van der Waals surface area contributed by atoms with E-state index < -0.39 is 0 Å². The molecule has 0 aliphatic carbocycles. The normalized spacial score (nSPS) is 11.3. The summed E-state index contributed by atoms with van der Waals surface area (Å²) in [6.07, 6.45) is 0. The Bertz CT molecular complexity index is 3140. The van der Waals surface area contributed by atoms with Crippen LogP contribution in [0.1, 0.15) is 11.1 Å². The van der Waals surface area contributed by atoms with Crippen molar-refractivity contribution in [1.82, 2.24) is 14.1 Å². The third kappa shape index (κ3) is 4.60. The van der Waals surface area contributed by atoms with Gasteiger partial charge in [-0.2, -0.15) is 10.5 Å². The predicted molar refractivity (Wildman–Crippen MR) is 219 cm³/mol. The third-order valence-corrected chi connectivity index (χ3v) is 10.4. The number of aromatic nitrogens is 3. The average molecular weight is 688 g/mol. The molecule has 0 spiro atoms. The second-order valence-corrected chi connectivity index (χ2v) is 13.3. The van der Waals surface area contributed by atoms with Gasteiger partial charge in [-0.1, -0.05) is 133 Å². The van der Waals surface area contributed by atoms with Gasteiger partial charge in [0.05, 0.1) is 44.6 Å². The lowest BCUT2D eigenvalue weighted by atomic mass is 9.88. The molecule has 0 atom stereocenters. The summed E-state index contributed by atoms with van der Waals surface area (Å²) >= 11 is 0. The first-order valence-corrected chi connectivity index (χ1v) is 17.9. The maximum absolute atomic E-state index is 11.4. The fourth-order valence-corrected chi connectivity index (χ4v) is 8.19. The summed E-state index contributed by atoms with van der Waals surface area (Å²) < 4.78 is 4.62. The molecule has 10 rings (SSSR count). The SMILES string of the molecule is N#Cc1c(-c2ccccc2)nc(-c2c3c4ccccc4n(-c4ccccc4)c3cc3c4ccccc4n(-c4ccccc4)c23)c(C#N)c1-c1ccccc1. The van der Waals surface area contributed by atoms with Gasteiger partial charge in [0, 0.05) is 49.6 Å². The summed E-state index contributed by atoms with van der Waals surface area (Å²) in [4.78, 5) is 5.47. The molecule has 0 radical (unpaired) electrons. The molecular weight excluding hydrogens is 659 g/mol. The Morgan fingerprint density at radius 1 is 0.407 bits per heavy atom. The summed E-state index contributed by atoms with van der Waals surface area (Å²) in [6, 6.07) is 64.7. The zero-order valence-corrected chi connectivity index (χ0v) is 29.0. The van der Waals surface area contributed by atoms with Crippen molar-refractivity contribution in [2.24, 2.45) is 0 Å². The second kappa shape index (κ2) is 12.5. The fraction of sp³-hybridized carbons (Fsp3) is 0. The van der Waals surface area contributed by atoms with Gasteiger partial charge in [0.2, 0.25) is 0 Å². The summed E-state index contributed by atoms with van der Waals surface area (Å²) in [7, 11) is 0. The number of nitrogens with zero attached hydrogens (tertiary/aromatic N) is 5. The number of hydrogen-bond donors (Lipinski definition) is 0. The van der Waals surface area contributed by atoms with E-state index in [0.717, 1.165) is 71.7 Å². The van der Waals surface area contributed by atoms with Crippen LogP contribution < -0.4 is 0 Å². The highest BCUT2D eigenvalue weighted by molar-refractivity contribution is 6.27. The van der Waals surface area contributed by atoms with Crippen molar-refractivity contribution in [2.45, 2.75) is 0 Å². The maximum Gasteiger partial charge on any atom is 0.102 e. The number of fused-ring (bicyclic) bond motifs is 6. The molecule has 0 saturated heterocycles. The lowest BCUT2D eigenvalue weighted by molar-refractivity contribution is 1.17. The zero-order chi connectivity index (χ0) is 36.2. The van der Waals surface area contributed by atoms with E-state index in [-0.39, 0.29) is 0 Å². The molecular formula is C49H29N5. The van der Waals surface area contributed by atoms with Crippen LogP contribution in [0.5, 0.6) is 0 Å². The average Bonchev–Trinajstić information content (AvgIpc) is 3.76. The van der Waals surface area contributed by atoms with Crippen molar-refractivity contribution in [3.8, 4) is 57.2 Å². The third-order valence-electron chi connectivity index (χ3n) is 10.4. The largest absolute Gasteiger partial charge is 0.309 e. The van der Waals surface area contributed by atoms with Crippen molar-refractivity contribution < 1.29 is 0 Å². The molecule has 0 N–H and O–H groups in total. The minimum absolute atomic E-state index is 0.354. The van der Waals surface area contributed by atoms with Crippen LogP contribution in [0.2, 0.25) is 0 Å². The molecule has 54 heavy (non-hydrogen) atoms. The summed E-state index contributed by atoms with van der Waals surface area (Å²) in [5, 5.41) is 26.4. The highest BCUT2D eigenvalue weighted by Crippen LogP contribution is 2.49. The van der Waals surface area contributed by atoms with Gasteiger partial charge in [0.25, 0.3) is 0 Å². The van der Waals surface area contributed by atoms with Crippen LogP contribution in [-0.4, -0.2) is 14.1 Å². The molecule has 0 saturated carbocycles. The Labute approximate surface area is 311 Å². The van der Waals surface area contributed by atoms with E-state index >= 15 is 0 Å². The highest BCUT2D eigenvalue weighted by atomic mass is 15.0. The van der Waals surface area contributed by atoms with Crippen molar-refractivity contribution >= 4 is 43.6 Å². The van der Waals surface area contributed by atoms with E-state index in [1.807, 2.05) is 72.8 Å². The van der Waals surface area contributed by atoms with Gasteiger partial charge >= 0.3 is 0 Å². The molecule has 7 aromatic carbocycles. The van der Waals surface area contributed by atoms with Gasteiger partial charge in [0.15, 0.2) is 0 Å². The first-order chi connectivity index (χ1) is 26.8. The minimum Gasteiger partial charge on any atom is -0.309 e. The molecule has 0 unspecified atom stereocenters. The van der Waals surface area contributed by atoms with Gasteiger partial charge in [-0.05, 0) is 48.0 Å². The monoisotopic (exact) mass is 687 g/mol. The van der Waals surface area contributed by atoms with Crippen LogP contribution in [0.4, 0.5) is 0 Å². The number of benzene rings is 7. The van der Waals surface area contributed by atoms with Crippen LogP contribution in [0.15, 0.2) is 176 Å². The van der Waals surface area contributed by atoms with Gasteiger partial charge < -0.3 is 9.13 Å². The van der Waals surface area contributed by atoms with Gasteiger partial charge in [-0.15, -0.1) is 0 Å². The molecule has 0 aliphatic heterocycles. The quantitative estimate of drug-likeness (QED) is 0.181. The Morgan fingerprint density at radius 3 is 1.50 bits per heavy atom. The van der Waals surface area contributed by atoms with E-state index in [1.54, 1.807) is 0 Å². The Hall–Kier alpha value is -7.73. The van der Waals surface area contributed by atoms with Gasteiger partial charge in [-0.3, -0.25) is 0 Å². The molecule has 3 heterocycles. The topological polar surface area (TPSA) is 70.3 Å². The smallest absolute Gasteiger partial charge is 0.102 e. The Kier molecular flexibility index (Phi) is 7.18. The van der Waals surface area contributed by atoms with Crippen LogP contribution in [0.25, 0.3) is 88.6 Å². The lowest BCUT2D eigenvalue weighted by Gasteiger charge is -2.19. The van der Waals surface area contributed by atoms with E-state index in [9.17, 15) is 10.5 Å². The van der Waals surface area contributed by atoms with Crippen LogP contribution >= 0.6 is 0 Å². The predicted octanol–water partition coefficient (Wildman–Crippen LogP) is 12.0. The zero-order valence-electron chi connectivity index (χ0n) is 29.0. The number of para-hydroxylation sites is 4. The maximum atomic E-state index is 11.4. The van der Waals surface area contributed by atoms with Crippen molar-refractivity contribution in [1.29, 1.82) is 10.5 Å². The molecule has 0 bridgehead atoms. The molecule has 10 aromatic rings. The van der Waals surface area contributed by atoms with Crippen LogP contribution in [0.3, 0.4) is 0 Å². The Balaban J connectivity index is 1.52.